The standard InChI is InChI=1S/C11H16BrNO/c1-11(2,3)14-13-8-9-4-6-10(12)7-5-9/h4-7,13H,8H2,1-3H3. The lowest BCUT2D eigenvalue weighted by Gasteiger charge is -2.19. The lowest BCUT2D eigenvalue weighted by Crippen LogP contribution is -2.28. The Bertz CT molecular complexity index is 276. The van der Waals surface area contributed by atoms with Crippen molar-refractivity contribution in [3.63, 3.8) is 0 Å². The van der Waals surface area contributed by atoms with Crippen molar-refractivity contribution in [3.05, 3.63) is 34.3 Å². The van der Waals surface area contributed by atoms with Gasteiger partial charge in [0.15, 0.2) is 0 Å². The van der Waals surface area contributed by atoms with Crippen molar-refractivity contribution in [1.29, 1.82) is 0 Å². The molecule has 78 valence electrons. The number of hydrogen-bond donors (Lipinski definition) is 1. The molecule has 1 aromatic carbocycles. The van der Waals surface area contributed by atoms with Crippen LogP contribution >= 0.6 is 15.9 Å². The van der Waals surface area contributed by atoms with Gasteiger partial charge < -0.3 is 0 Å². The fourth-order valence-electron chi connectivity index (χ4n) is 0.938. The van der Waals surface area contributed by atoms with E-state index in [0.717, 1.165) is 11.0 Å². The number of rotatable bonds is 3. The maximum atomic E-state index is 5.40. The third kappa shape index (κ3) is 4.74. The summed E-state index contributed by atoms with van der Waals surface area (Å²) < 4.78 is 1.10. The highest BCUT2D eigenvalue weighted by Gasteiger charge is 2.09. The van der Waals surface area contributed by atoms with E-state index in [1.165, 1.54) is 5.56 Å². The summed E-state index contributed by atoms with van der Waals surface area (Å²) in [7, 11) is 0. The molecule has 0 spiro atoms. The van der Waals surface area contributed by atoms with Gasteiger partial charge in [-0.15, -0.1) is 0 Å². The topological polar surface area (TPSA) is 21.3 Å². The molecule has 0 bridgehead atoms. The highest BCUT2D eigenvalue weighted by Crippen LogP contribution is 2.11. The minimum atomic E-state index is -0.143. The third-order valence-electron chi connectivity index (χ3n) is 1.57. The number of hydrogen-bond acceptors (Lipinski definition) is 2. The highest BCUT2D eigenvalue weighted by atomic mass is 79.9. The molecule has 0 unspecified atom stereocenters. The van der Waals surface area contributed by atoms with Gasteiger partial charge in [-0.25, -0.2) is 0 Å². The molecule has 0 saturated heterocycles. The quantitative estimate of drug-likeness (QED) is 0.840. The van der Waals surface area contributed by atoms with Crippen LogP contribution < -0.4 is 5.48 Å². The molecule has 0 heterocycles. The fourth-order valence-corrected chi connectivity index (χ4v) is 1.20. The molecule has 1 rings (SSSR count). The highest BCUT2D eigenvalue weighted by molar-refractivity contribution is 9.10. The zero-order valence-corrected chi connectivity index (χ0v) is 10.4. The zero-order chi connectivity index (χ0) is 10.6. The second kappa shape index (κ2) is 4.91. The predicted molar refractivity (Wildman–Crippen MR) is 61.8 cm³/mol. The summed E-state index contributed by atoms with van der Waals surface area (Å²) in [5.41, 5.74) is 4.01. The lowest BCUT2D eigenvalue weighted by atomic mass is 10.2. The fraction of sp³-hybridized carbons (Fsp3) is 0.455. The van der Waals surface area contributed by atoms with Crippen LogP contribution in [0.25, 0.3) is 0 Å². The van der Waals surface area contributed by atoms with Crippen LogP contribution in [0.1, 0.15) is 26.3 Å². The Kier molecular flexibility index (Phi) is 4.11. The second-order valence-corrected chi connectivity index (χ2v) is 5.08. The maximum absolute atomic E-state index is 5.40. The van der Waals surface area contributed by atoms with Crippen molar-refractivity contribution in [3.8, 4) is 0 Å². The van der Waals surface area contributed by atoms with Crippen molar-refractivity contribution in [2.24, 2.45) is 0 Å². The Morgan fingerprint density at radius 2 is 1.79 bits per heavy atom. The molecule has 0 aliphatic rings. The maximum Gasteiger partial charge on any atom is 0.0813 e. The van der Waals surface area contributed by atoms with Crippen LogP contribution in [0.4, 0.5) is 0 Å². The van der Waals surface area contributed by atoms with E-state index in [9.17, 15) is 0 Å². The van der Waals surface area contributed by atoms with Gasteiger partial charge in [0.2, 0.25) is 0 Å². The van der Waals surface area contributed by atoms with Gasteiger partial charge in [0.1, 0.15) is 0 Å². The molecule has 2 nitrogen and oxygen atoms in total. The van der Waals surface area contributed by atoms with E-state index >= 15 is 0 Å². The van der Waals surface area contributed by atoms with Gasteiger partial charge in [0.25, 0.3) is 0 Å². The molecular formula is C11H16BrNO. The molecule has 0 aliphatic heterocycles. The molecule has 0 aromatic heterocycles. The van der Waals surface area contributed by atoms with Crippen LogP contribution in [-0.4, -0.2) is 5.60 Å². The summed E-state index contributed by atoms with van der Waals surface area (Å²) in [5.74, 6) is 0. The SMILES string of the molecule is CC(C)(C)ONCc1ccc(Br)cc1. The van der Waals surface area contributed by atoms with Crippen LogP contribution in [0.3, 0.4) is 0 Å². The molecular weight excluding hydrogens is 242 g/mol. The van der Waals surface area contributed by atoms with Crippen molar-refractivity contribution in [2.45, 2.75) is 32.9 Å². The smallest absolute Gasteiger partial charge is 0.0813 e. The number of benzene rings is 1. The molecule has 14 heavy (non-hydrogen) atoms. The van der Waals surface area contributed by atoms with E-state index in [1.54, 1.807) is 0 Å². The number of hydroxylamine groups is 1. The molecule has 0 saturated carbocycles. The Balaban J connectivity index is 2.35. The van der Waals surface area contributed by atoms with E-state index in [2.05, 4.69) is 33.5 Å². The van der Waals surface area contributed by atoms with Gasteiger partial charge in [0.05, 0.1) is 5.60 Å². The summed E-state index contributed by atoms with van der Waals surface area (Å²) in [6.07, 6.45) is 0. The van der Waals surface area contributed by atoms with Gasteiger partial charge in [-0.1, -0.05) is 28.1 Å². The minimum absolute atomic E-state index is 0.143. The molecule has 0 atom stereocenters. The van der Waals surface area contributed by atoms with Crippen LogP contribution in [0.15, 0.2) is 28.7 Å². The van der Waals surface area contributed by atoms with Gasteiger partial charge in [-0.05, 0) is 38.5 Å². The molecule has 0 fully saturated rings. The van der Waals surface area contributed by atoms with Crippen molar-refractivity contribution >= 4 is 15.9 Å². The Morgan fingerprint density at radius 1 is 1.21 bits per heavy atom. The largest absolute Gasteiger partial charge is 0.296 e. The first-order valence-electron chi connectivity index (χ1n) is 4.63. The van der Waals surface area contributed by atoms with Gasteiger partial charge >= 0.3 is 0 Å². The molecule has 0 amide bonds. The molecule has 0 radical (unpaired) electrons. The first kappa shape index (κ1) is 11.7. The van der Waals surface area contributed by atoms with Crippen molar-refractivity contribution in [1.82, 2.24) is 5.48 Å². The first-order chi connectivity index (χ1) is 6.47. The van der Waals surface area contributed by atoms with E-state index in [-0.39, 0.29) is 5.60 Å². The van der Waals surface area contributed by atoms with E-state index in [1.807, 2.05) is 32.9 Å². The normalized spacial score (nSPS) is 11.7. The second-order valence-electron chi connectivity index (χ2n) is 4.16. The molecule has 3 heteroatoms. The Morgan fingerprint density at radius 3 is 2.29 bits per heavy atom. The first-order valence-corrected chi connectivity index (χ1v) is 5.42. The van der Waals surface area contributed by atoms with E-state index in [4.69, 9.17) is 4.84 Å². The Hall–Kier alpha value is -0.380. The van der Waals surface area contributed by atoms with E-state index in [0.29, 0.717) is 0 Å². The van der Waals surface area contributed by atoms with Crippen LogP contribution in [0, 0.1) is 0 Å². The van der Waals surface area contributed by atoms with Crippen LogP contribution in [0.2, 0.25) is 0 Å². The number of nitrogens with one attached hydrogen (secondary N) is 1. The van der Waals surface area contributed by atoms with Crippen LogP contribution in [-0.2, 0) is 11.4 Å². The van der Waals surface area contributed by atoms with Gasteiger partial charge in [-0.2, -0.15) is 5.48 Å². The monoisotopic (exact) mass is 257 g/mol. The summed E-state index contributed by atoms with van der Waals surface area (Å²) in [6, 6.07) is 8.16. The summed E-state index contributed by atoms with van der Waals surface area (Å²) in [4.78, 5) is 5.40. The minimum Gasteiger partial charge on any atom is -0.296 e. The van der Waals surface area contributed by atoms with Crippen molar-refractivity contribution < 1.29 is 4.84 Å². The summed E-state index contributed by atoms with van der Waals surface area (Å²) in [6.45, 7) is 6.77. The Labute approximate surface area is 93.7 Å². The molecule has 0 aliphatic carbocycles. The predicted octanol–water partition coefficient (Wildman–Crippen LogP) is 3.27. The average Bonchev–Trinajstić information content (AvgIpc) is 2.06. The molecule has 1 N–H and O–H groups in total. The zero-order valence-electron chi connectivity index (χ0n) is 8.80. The third-order valence-corrected chi connectivity index (χ3v) is 2.10. The van der Waals surface area contributed by atoms with E-state index < -0.39 is 0 Å². The van der Waals surface area contributed by atoms with Gasteiger partial charge in [0, 0.05) is 11.0 Å². The molecule has 1 aromatic rings. The summed E-state index contributed by atoms with van der Waals surface area (Å²) in [5, 5.41) is 0. The average molecular weight is 258 g/mol. The van der Waals surface area contributed by atoms with Crippen LogP contribution in [0.5, 0.6) is 0 Å². The lowest BCUT2D eigenvalue weighted by molar-refractivity contribution is -0.0757. The van der Waals surface area contributed by atoms with Gasteiger partial charge in [-0.3, -0.25) is 4.84 Å². The summed E-state index contributed by atoms with van der Waals surface area (Å²) >= 11 is 3.39. The van der Waals surface area contributed by atoms with Crippen molar-refractivity contribution in [2.75, 3.05) is 0 Å². The number of halogens is 1.